The van der Waals surface area contributed by atoms with Crippen LogP contribution in [0, 0.1) is 6.92 Å². The molecule has 0 aliphatic heterocycles. The first-order chi connectivity index (χ1) is 12.0. The Balaban J connectivity index is 1.99. The van der Waals surface area contributed by atoms with Crippen LogP contribution in [0.5, 0.6) is 0 Å². The molecule has 1 aromatic heterocycles. The molecule has 0 aliphatic carbocycles. The number of benzene rings is 2. The van der Waals surface area contributed by atoms with Gasteiger partial charge in [-0.1, -0.05) is 36.9 Å². The molecule has 3 nitrogen and oxygen atoms in total. The molecular weight excluding hydrogens is 315 g/mol. The quantitative estimate of drug-likeness (QED) is 0.717. The number of halogens is 1. The summed E-state index contributed by atoms with van der Waals surface area (Å²) in [7, 11) is 0. The highest BCUT2D eigenvalue weighted by Crippen LogP contribution is 2.28. The molecule has 0 bridgehead atoms. The standard InChI is InChI=1S/C21H19FN2O/c1-4-15-6-5-13(2)19(9-15)17-8-7-16-11-20(23-12-18(16)10-17)24-21(25)14(3)22/h4-12,14H,1H2,2-3H3,(H,23,24,25). The van der Waals surface area contributed by atoms with E-state index in [1.165, 1.54) is 12.5 Å². The van der Waals surface area contributed by atoms with Gasteiger partial charge in [0.15, 0.2) is 6.17 Å². The zero-order valence-corrected chi connectivity index (χ0v) is 14.2. The summed E-state index contributed by atoms with van der Waals surface area (Å²) in [6.45, 7) is 7.09. The van der Waals surface area contributed by atoms with Crippen LogP contribution in [-0.4, -0.2) is 17.1 Å². The first-order valence-electron chi connectivity index (χ1n) is 8.06. The van der Waals surface area contributed by atoms with Crippen LogP contribution >= 0.6 is 0 Å². The average Bonchev–Trinajstić information content (AvgIpc) is 2.61. The molecule has 25 heavy (non-hydrogen) atoms. The lowest BCUT2D eigenvalue weighted by atomic mass is 9.96. The molecule has 126 valence electrons. The lowest BCUT2D eigenvalue weighted by molar-refractivity contribution is -0.120. The normalized spacial score (nSPS) is 12.0. The number of aromatic nitrogens is 1. The Kier molecular flexibility index (Phi) is 4.61. The number of carbonyl (C=O) groups excluding carboxylic acids is 1. The number of carbonyl (C=O) groups is 1. The number of anilines is 1. The maximum atomic E-state index is 13.0. The summed E-state index contributed by atoms with van der Waals surface area (Å²) >= 11 is 0. The Morgan fingerprint density at radius 3 is 2.72 bits per heavy atom. The van der Waals surface area contributed by atoms with Gasteiger partial charge < -0.3 is 5.32 Å². The molecule has 0 aliphatic rings. The number of amides is 1. The van der Waals surface area contributed by atoms with Crippen LogP contribution < -0.4 is 5.32 Å². The van der Waals surface area contributed by atoms with Crippen LogP contribution in [0.15, 0.2) is 55.2 Å². The summed E-state index contributed by atoms with van der Waals surface area (Å²) in [5.74, 6) is -0.347. The molecule has 1 atom stereocenters. The second-order valence-corrected chi connectivity index (χ2v) is 6.02. The molecule has 0 spiro atoms. The number of hydrogen-bond donors (Lipinski definition) is 1. The molecule has 4 heteroatoms. The number of nitrogens with zero attached hydrogens (tertiary/aromatic N) is 1. The number of alkyl halides is 1. The Hall–Kier alpha value is -3.01. The van der Waals surface area contributed by atoms with Gasteiger partial charge in [-0.05, 0) is 59.7 Å². The summed E-state index contributed by atoms with van der Waals surface area (Å²) in [6.07, 6.45) is 1.94. The van der Waals surface area contributed by atoms with Crippen molar-refractivity contribution in [2.75, 3.05) is 5.32 Å². The number of nitrogens with one attached hydrogen (secondary N) is 1. The largest absolute Gasteiger partial charge is 0.308 e. The van der Waals surface area contributed by atoms with E-state index in [0.29, 0.717) is 5.82 Å². The molecule has 2 aromatic carbocycles. The van der Waals surface area contributed by atoms with Crippen molar-refractivity contribution >= 4 is 28.6 Å². The van der Waals surface area contributed by atoms with Crippen LogP contribution in [0.1, 0.15) is 18.1 Å². The predicted octanol–water partition coefficient (Wildman–Crippen LogP) is 5.15. The highest BCUT2D eigenvalue weighted by molar-refractivity contribution is 5.95. The van der Waals surface area contributed by atoms with Gasteiger partial charge in [-0.25, -0.2) is 9.37 Å². The maximum Gasteiger partial charge on any atom is 0.259 e. The van der Waals surface area contributed by atoms with Gasteiger partial charge in [-0.3, -0.25) is 4.79 Å². The highest BCUT2D eigenvalue weighted by Gasteiger charge is 2.12. The maximum absolute atomic E-state index is 13.0. The molecule has 0 fully saturated rings. The summed E-state index contributed by atoms with van der Waals surface area (Å²) < 4.78 is 13.0. The van der Waals surface area contributed by atoms with Gasteiger partial charge in [0.1, 0.15) is 5.82 Å². The van der Waals surface area contributed by atoms with Gasteiger partial charge in [0.25, 0.3) is 5.91 Å². The van der Waals surface area contributed by atoms with E-state index in [2.05, 4.69) is 42.0 Å². The second-order valence-electron chi connectivity index (χ2n) is 6.02. The Bertz CT molecular complexity index is 963. The zero-order chi connectivity index (χ0) is 18.0. The van der Waals surface area contributed by atoms with E-state index >= 15 is 0 Å². The van der Waals surface area contributed by atoms with Crippen molar-refractivity contribution in [3.8, 4) is 11.1 Å². The lowest BCUT2D eigenvalue weighted by Gasteiger charge is -2.10. The average molecular weight is 334 g/mol. The van der Waals surface area contributed by atoms with Crippen LogP contribution in [0.25, 0.3) is 28.0 Å². The Labute approximate surface area is 146 Å². The van der Waals surface area contributed by atoms with E-state index < -0.39 is 12.1 Å². The van der Waals surface area contributed by atoms with Gasteiger partial charge in [0, 0.05) is 11.6 Å². The molecule has 3 aromatic rings. The third kappa shape index (κ3) is 3.58. The monoisotopic (exact) mass is 334 g/mol. The number of hydrogen-bond acceptors (Lipinski definition) is 2. The molecule has 1 unspecified atom stereocenters. The summed E-state index contributed by atoms with van der Waals surface area (Å²) in [5.41, 5.74) is 4.48. The van der Waals surface area contributed by atoms with E-state index in [1.54, 1.807) is 12.3 Å². The summed E-state index contributed by atoms with van der Waals surface area (Å²) in [5, 5.41) is 4.35. The van der Waals surface area contributed by atoms with Gasteiger partial charge in [-0.15, -0.1) is 0 Å². The second kappa shape index (κ2) is 6.85. The molecular formula is C21H19FN2O. The van der Waals surface area contributed by atoms with Crippen molar-refractivity contribution in [2.24, 2.45) is 0 Å². The first kappa shape index (κ1) is 16.8. The van der Waals surface area contributed by atoms with E-state index in [0.717, 1.165) is 27.5 Å². The van der Waals surface area contributed by atoms with Crippen molar-refractivity contribution in [2.45, 2.75) is 20.0 Å². The Morgan fingerprint density at radius 1 is 1.20 bits per heavy atom. The third-order valence-electron chi connectivity index (χ3n) is 4.14. The number of rotatable bonds is 4. The minimum atomic E-state index is -1.57. The van der Waals surface area contributed by atoms with E-state index in [9.17, 15) is 9.18 Å². The first-order valence-corrected chi connectivity index (χ1v) is 8.06. The zero-order valence-electron chi connectivity index (χ0n) is 14.2. The fourth-order valence-corrected chi connectivity index (χ4v) is 2.68. The van der Waals surface area contributed by atoms with Crippen LogP contribution in [0.3, 0.4) is 0 Å². The molecule has 0 saturated carbocycles. The molecule has 0 saturated heterocycles. The van der Waals surface area contributed by atoms with E-state index in [4.69, 9.17) is 0 Å². The Morgan fingerprint density at radius 2 is 2.00 bits per heavy atom. The SMILES string of the molecule is C=Cc1ccc(C)c(-c2ccc3cc(NC(=O)C(C)F)ncc3c2)c1. The van der Waals surface area contributed by atoms with Gasteiger partial charge in [0.05, 0.1) is 0 Å². The minimum Gasteiger partial charge on any atom is -0.308 e. The van der Waals surface area contributed by atoms with Gasteiger partial charge >= 0.3 is 0 Å². The summed E-state index contributed by atoms with van der Waals surface area (Å²) in [4.78, 5) is 15.7. The molecule has 1 heterocycles. The van der Waals surface area contributed by atoms with Gasteiger partial charge in [0.2, 0.25) is 0 Å². The number of aryl methyl sites for hydroxylation is 1. The summed E-state index contributed by atoms with van der Waals surface area (Å²) in [6, 6.07) is 14.0. The number of pyridine rings is 1. The van der Waals surface area contributed by atoms with Crippen molar-refractivity contribution in [3.63, 3.8) is 0 Å². The fraction of sp³-hybridized carbons (Fsp3) is 0.143. The van der Waals surface area contributed by atoms with Crippen molar-refractivity contribution in [1.82, 2.24) is 4.98 Å². The van der Waals surface area contributed by atoms with Crippen molar-refractivity contribution in [3.05, 3.63) is 66.4 Å². The lowest BCUT2D eigenvalue weighted by Crippen LogP contribution is -2.21. The minimum absolute atomic E-state index is 0.347. The van der Waals surface area contributed by atoms with Gasteiger partial charge in [-0.2, -0.15) is 0 Å². The van der Waals surface area contributed by atoms with Crippen LogP contribution in [0.4, 0.5) is 10.2 Å². The third-order valence-corrected chi connectivity index (χ3v) is 4.14. The predicted molar refractivity (Wildman–Crippen MR) is 101 cm³/mol. The van der Waals surface area contributed by atoms with Crippen molar-refractivity contribution < 1.29 is 9.18 Å². The van der Waals surface area contributed by atoms with E-state index in [1.807, 2.05) is 24.3 Å². The number of fused-ring (bicyclic) bond motifs is 1. The highest BCUT2D eigenvalue weighted by atomic mass is 19.1. The smallest absolute Gasteiger partial charge is 0.259 e. The molecule has 3 rings (SSSR count). The van der Waals surface area contributed by atoms with E-state index in [-0.39, 0.29) is 0 Å². The molecule has 1 N–H and O–H groups in total. The van der Waals surface area contributed by atoms with Crippen LogP contribution in [-0.2, 0) is 4.79 Å². The van der Waals surface area contributed by atoms with Crippen molar-refractivity contribution in [1.29, 1.82) is 0 Å². The fourth-order valence-electron chi connectivity index (χ4n) is 2.68. The molecule has 1 amide bonds. The van der Waals surface area contributed by atoms with Crippen LogP contribution in [0.2, 0.25) is 0 Å². The molecule has 0 radical (unpaired) electrons. The topological polar surface area (TPSA) is 42.0 Å².